The normalized spacial score (nSPS) is 12.7. The molecule has 6 heteroatoms. The Morgan fingerprint density at radius 2 is 0.635 bits per heavy atom. The quantitative estimate of drug-likeness (QED) is 0.0199. The molecule has 0 aliphatic carbocycles. The molecule has 0 saturated heterocycles. The Balaban J connectivity index is 4.45. The highest BCUT2D eigenvalue weighted by atomic mass is 16.6. The lowest BCUT2D eigenvalue weighted by Crippen LogP contribution is -2.30. The van der Waals surface area contributed by atoms with E-state index in [4.69, 9.17) is 14.2 Å². The van der Waals surface area contributed by atoms with Crippen molar-refractivity contribution in [3.05, 3.63) is 85.1 Å². The Hall–Kier alpha value is -3.41. The highest BCUT2D eigenvalue weighted by Crippen LogP contribution is 2.14. The van der Waals surface area contributed by atoms with Crippen molar-refractivity contribution in [2.45, 2.75) is 245 Å². The van der Waals surface area contributed by atoms with Crippen LogP contribution in [0, 0.1) is 0 Å². The molecule has 0 rings (SSSR count). The number of esters is 3. The Morgan fingerprint density at radius 1 is 0.333 bits per heavy atom. The second kappa shape index (κ2) is 51.2. The van der Waals surface area contributed by atoms with Gasteiger partial charge < -0.3 is 14.2 Å². The summed E-state index contributed by atoms with van der Waals surface area (Å²) in [6, 6.07) is 0. The molecule has 1 unspecified atom stereocenters. The minimum absolute atomic E-state index is 0.0969. The van der Waals surface area contributed by atoms with E-state index in [9.17, 15) is 14.4 Å². The Morgan fingerprint density at radius 3 is 1.08 bits per heavy atom. The lowest BCUT2D eigenvalue weighted by Gasteiger charge is -2.18. The van der Waals surface area contributed by atoms with Gasteiger partial charge >= 0.3 is 17.9 Å². The van der Waals surface area contributed by atoms with Gasteiger partial charge in [0, 0.05) is 19.3 Å². The van der Waals surface area contributed by atoms with E-state index in [1.165, 1.54) is 116 Å². The van der Waals surface area contributed by atoms with Gasteiger partial charge in [-0.25, -0.2) is 0 Å². The fourth-order valence-corrected chi connectivity index (χ4v) is 7.03. The summed E-state index contributed by atoms with van der Waals surface area (Å²) in [6.45, 7) is 6.41. The van der Waals surface area contributed by atoms with Crippen LogP contribution >= 0.6 is 0 Å². The van der Waals surface area contributed by atoms with Crippen molar-refractivity contribution < 1.29 is 28.6 Å². The molecule has 0 N–H and O–H groups in total. The maximum Gasteiger partial charge on any atom is 0.306 e. The number of carbonyl (C=O) groups excluding carboxylic acids is 3. The number of rotatable bonds is 46. The molecule has 0 aromatic heterocycles. The van der Waals surface area contributed by atoms with Crippen molar-refractivity contribution >= 4 is 17.9 Å². The smallest absolute Gasteiger partial charge is 0.306 e. The molecule has 0 heterocycles. The predicted molar refractivity (Wildman–Crippen MR) is 270 cm³/mol. The van der Waals surface area contributed by atoms with Crippen molar-refractivity contribution in [3.63, 3.8) is 0 Å². The number of hydrogen-bond donors (Lipinski definition) is 0. The van der Waals surface area contributed by atoms with Crippen molar-refractivity contribution in [3.8, 4) is 0 Å². The lowest BCUT2D eigenvalue weighted by atomic mass is 10.1. The zero-order chi connectivity index (χ0) is 45.8. The number of allylic oxidation sites excluding steroid dienone is 14. The molecule has 63 heavy (non-hydrogen) atoms. The fourth-order valence-electron chi connectivity index (χ4n) is 7.03. The summed E-state index contributed by atoms with van der Waals surface area (Å²) in [5.74, 6) is -0.954. The average molecular weight is 877 g/mol. The van der Waals surface area contributed by atoms with Crippen LogP contribution in [0.2, 0.25) is 0 Å². The molecule has 0 aromatic rings. The topological polar surface area (TPSA) is 78.9 Å². The molecular weight excluding hydrogens is 781 g/mol. The third-order valence-corrected chi connectivity index (χ3v) is 11.0. The number of hydrogen-bond acceptors (Lipinski definition) is 6. The molecule has 0 aliphatic heterocycles. The van der Waals surface area contributed by atoms with Crippen LogP contribution in [0.3, 0.4) is 0 Å². The second-order valence-electron chi connectivity index (χ2n) is 17.2. The fraction of sp³-hybridized carbons (Fsp3) is 0.702. The third kappa shape index (κ3) is 49.5. The van der Waals surface area contributed by atoms with E-state index in [0.717, 1.165) is 83.5 Å². The Labute approximate surface area is 388 Å². The summed E-state index contributed by atoms with van der Waals surface area (Å²) in [5.41, 5.74) is 0. The first-order chi connectivity index (χ1) is 31.0. The van der Waals surface area contributed by atoms with E-state index in [0.29, 0.717) is 19.3 Å². The zero-order valence-corrected chi connectivity index (χ0v) is 41.1. The summed E-state index contributed by atoms with van der Waals surface area (Å²) in [6.07, 6.45) is 65.6. The van der Waals surface area contributed by atoms with E-state index in [1.807, 2.05) is 36.5 Å². The van der Waals surface area contributed by atoms with E-state index < -0.39 is 6.10 Å². The zero-order valence-electron chi connectivity index (χ0n) is 41.1. The molecule has 360 valence electrons. The Bertz CT molecular complexity index is 1240. The number of carbonyl (C=O) groups is 3. The monoisotopic (exact) mass is 877 g/mol. The molecule has 0 bridgehead atoms. The largest absolute Gasteiger partial charge is 0.462 e. The van der Waals surface area contributed by atoms with Crippen LogP contribution in [-0.2, 0) is 28.6 Å². The summed E-state index contributed by atoms with van der Waals surface area (Å²) >= 11 is 0. The van der Waals surface area contributed by atoms with E-state index in [-0.39, 0.29) is 31.1 Å². The standard InChI is InChI=1S/C57H96O6/c1-4-7-10-13-16-19-22-25-27-28-30-32-35-38-41-44-47-50-56(59)62-53-54(52-61-55(58)49-46-43-40-37-34-31-24-21-18-15-12-9-6-3)63-57(60)51-48-45-42-39-36-33-29-26-23-20-17-14-11-8-5-2/h9,12,15,17-18,20-21,23-27,31,34,54H,4-8,10-11,13-14,16,19,22,28-30,32-33,35-53H2,1-3H3/b12-9+,18-15+,20-17+,24-21+,26-23+,27-25+,34-31+. The second-order valence-corrected chi connectivity index (χ2v) is 17.2. The van der Waals surface area contributed by atoms with Gasteiger partial charge in [-0.1, -0.05) is 215 Å². The molecule has 6 nitrogen and oxygen atoms in total. The SMILES string of the molecule is CC/C=C/C=C/C=C/C=C/CCCCCC(=O)OCC(COC(=O)CCCCCCCCC/C=C/CCCCCCCC)OC(=O)CCCCCCCC/C=C/C=C/CCCCC. The van der Waals surface area contributed by atoms with Gasteiger partial charge in [0.05, 0.1) is 0 Å². The Kier molecular flexibility index (Phi) is 48.5. The molecule has 0 fully saturated rings. The van der Waals surface area contributed by atoms with Crippen LogP contribution in [-0.4, -0.2) is 37.2 Å². The minimum Gasteiger partial charge on any atom is -0.462 e. The third-order valence-electron chi connectivity index (χ3n) is 11.0. The highest BCUT2D eigenvalue weighted by Gasteiger charge is 2.19. The predicted octanol–water partition coefficient (Wildman–Crippen LogP) is 17.2. The van der Waals surface area contributed by atoms with E-state index >= 15 is 0 Å². The lowest BCUT2D eigenvalue weighted by molar-refractivity contribution is -0.167. The summed E-state index contributed by atoms with van der Waals surface area (Å²) in [5, 5.41) is 0. The molecule has 0 radical (unpaired) electrons. The van der Waals surface area contributed by atoms with Crippen LogP contribution in [0.15, 0.2) is 85.1 Å². The van der Waals surface area contributed by atoms with Crippen LogP contribution in [0.25, 0.3) is 0 Å². The van der Waals surface area contributed by atoms with E-state index in [1.54, 1.807) is 0 Å². The molecule has 0 aromatic carbocycles. The molecule has 0 saturated carbocycles. The summed E-state index contributed by atoms with van der Waals surface area (Å²) < 4.78 is 16.8. The number of ether oxygens (including phenoxy) is 3. The van der Waals surface area contributed by atoms with Gasteiger partial charge in [-0.15, -0.1) is 0 Å². The van der Waals surface area contributed by atoms with Gasteiger partial charge in [0.2, 0.25) is 0 Å². The summed E-state index contributed by atoms with van der Waals surface area (Å²) in [7, 11) is 0. The molecule has 0 spiro atoms. The molecule has 1 atom stereocenters. The molecular formula is C57H96O6. The van der Waals surface area contributed by atoms with Crippen molar-refractivity contribution in [1.82, 2.24) is 0 Å². The van der Waals surface area contributed by atoms with Gasteiger partial charge in [0.15, 0.2) is 6.10 Å². The average Bonchev–Trinajstić information content (AvgIpc) is 3.28. The molecule has 0 aliphatic rings. The van der Waals surface area contributed by atoms with E-state index in [2.05, 4.69) is 69.4 Å². The number of unbranched alkanes of at least 4 members (excludes halogenated alkanes) is 25. The van der Waals surface area contributed by atoms with Crippen molar-refractivity contribution in [2.24, 2.45) is 0 Å². The van der Waals surface area contributed by atoms with Gasteiger partial charge in [-0.3, -0.25) is 14.4 Å². The van der Waals surface area contributed by atoms with Gasteiger partial charge in [-0.2, -0.15) is 0 Å². The van der Waals surface area contributed by atoms with Crippen LogP contribution in [0.1, 0.15) is 239 Å². The van der Waals surface area contributed by atoms with Gasteiger partial charge in [0.25, 0.3) is 0 Å². The van der Waals surface area contributed by atoms with Crippen LogP contribution in [0.5, 0.6) is 0 Å². The first-order valence-electron chi connectivity index (χ1n) is 26.2. The molecule has 0 amide bonds. The minimum atomic E-state index is -0.800. The maximum atomic E-state index is 12.8. The highest BCUT2D eigenvalue weighted by molar-refractivity contribution is 5.71. The summed E-state index contributed by atoms with van der Waals surface area (Å²) in [4.78, 5) is 38.0. The van der Waals surface area contributed by atoms with Gasteiger partial charge in [0.1, 0.15) is 13.2 Å². The maximum absolute atomic E-state index is 12.8. The first-order valence-corrected chi connectivity index (χ1v) is 26.2. The first kappa shape index (κ1) is 59.6. The van der Waals surface area contributed by atoms with Gasteiger partial charge in [-0.05, 0) is 89.9 Å². The van der Waals surface area contributed by atoms with Crippen molar-refractivity contribution in [2.75, 3.05) is 13.2 Å². The van der Waals surface area contributed by atoms with Crippen molar-refractivity contribution in [1.29, 1.82) is 0 Å². The van der Waals surface area contributed by atoms with Crippen LogP contribution < -0.4 is 0 Å². The van der Waals surface area contributed by atoms with Crippen LogP contribution in [0.4, 0.5) is 0 Å².